The third kappa shape index (κ3) is 4.58. The van der Waals surface area contributed by atoms with Crippen LogP contribution in [0.4, 0.5) is 5.13 Å². The lowest BCUT2D eigenvalue weighted by atomic mass is 9.53. The molecule has 3 aliphatic carbocycles. The van der Waals surface area contributed by atoms with Gasteiger partial charge in [0.2, 0.25) is 5.91 Å². The summed E-state index contributed by atoms with van der Waals surface area (Å²) in [6, 6.07) is 7.32. The minimum Gasteiger partial charge on any atom is -0.497 e. The molecule has 0 aliphatic heterocycles. The monoisotopic (exact) mass is 497 g/mol. The minimum absolute atomic E-state index is 0.0252. The number of aromatic nitrogens is 1. The Balaban J connectivity index is 1.33. The average molecular weight is 498 g/mol. The van der Waals surface area contributed by atoms with Gasteiger partial charge in [0.15, 0.2) is 5.13 Å². The van der Waals surface area contributed by atoms with Gasteiger partial charge in [-0.15, -0.1) is 11.3 Å². The Morgan fingerprint density at radius 1 is 1.23 bits per heavy atom. The highest BCUT2D eigenvalue weighted by Gasteiger charge is 2.54. The van der Waals surface area contributed by atoms with Crippen LogP contribution in [0.25, 0.3) is 0 Å². The first-order chi connectivity index (χ1) is 16.7. The van der Waals surface area contributed by atoms with Crippen LogP contribution in [0.15, 0.2) is 24.3 Å². The molecule has 3 aliphatic rings. The normalized spacial score (nSPS) is 30.5. The third-order valence-electron chi connectivity index (χ3n) is 8.47. The number of thiazole rings is 1. The molecular formula is C27H35N3O4S. The zero-order valence-corrected chi connectivity index (χ0v) is 21.7. The molecule has 1 heterocycles. The maximum Gasteiger partial charge on any atom is 0.257 e. The van der Waals surface area contributed by atoms with Crippen LogP contribution in [0.1, 0.15) is 73.3 Å². The van der Waals surface area contributed by atoms with Crippen molar-refractivity contribution in [1.82, 2.24) is 10.3 Å². The molecule has 1 aromatic heterocycles. The molecule has 1 aromatic carbocycles. The Labute approximate surface area is 210 Å². The zero-order chi connectivity index (χ0) is 24.9. The first kappa shape index (κ1) is 24.3. The molecule has 35 heavy (non-hydrogen) atoms. The Morgan fingerprint density at radius 3 is 2.60 bits per heavy atom. The Kier molecular flexibility index (Phi) is 6.38. The number of methoxy groups -OCH3 is 1. The SMILES string of the molecule is COc1ccc(C(=O)Nc2nc3c(s2)C[C@@]2(C)CC[C@H]([C@H](C)C(=O)NC4CC4)[C@H](O)[C@H]2[C@@H]3C)cc1. The van der Waals surface area contributed by atoms with E-state index in [9.17, 15) is 14.7 Å². The predicted molar refractivity (Wildman–Crippen MR) is 136 cm³/mol. The lowest BCUT2D eigenvalue weighted by Crippen LogP contribution is -2.53. The van der Waals surface area contributed by atoms with E-state index in [0.717, 1.165) is 37.8 Å². The summed E-state index contributed by atoms with van der Waals surface area (Å²) in [5.41, 5.74) is 1.46. The summed E-state index contributed by atoms with van der Waals surface area (Å²) in [6.07, 6.45) is 4.21. The zero-order valence-electron chi connectivity index (χ0n) is 20.8. The Hall–Kier alpha value is -2.45. The van der Waals surface area contributed by atoms with Crippen LogP contribution in [0.2, 0.25) is 0 Å². The maximum absolute atomic E-state index is 12.8. The molecule has 0 radical (unpaired) electrons. The number of anilines is 1. The number of fused-ring (bicyclic) bond motifs is 2. The Morgan fingerprint density at radius 2 is 1.94 bits per heavy atom. The van der Waals surface area contributed by atoms with E-state index in [1.807, 2.05) is 6.92 Å². The van der Waals surface area contributed by atoms with Crippen molar-refractivity contribution in [2.45, 2.75) is 70.9 Å². The molecule has 0 unspecified atom stereocenters. The molecule has 0 bridgehead atoms. The van der Waals surface area contributed by atoms with Crippen molar-refractivity contribution in [3.8, 4) is 5.75 Å². The van der Waals surface area contributed by atoms with E-state index in [4.69, 9.17) is 9.72 Å². The fraction of sp³-hybridized carbons (Fsp3) is 0.593. The number of carbonyl (C=O) groups is 2. The van der Waals surface area contributed by atoms with Gasteiger partial charge in [-0.1, -0.05) is 20.8 Å². The molecule has 7 nitrogen and oxygen atoms in total. The third-order valence-corrected chi connectivity index (χ3v) is 9.46. The molecule has 0 saturated heterocycles. The summed E-state index contributed by atoms with van der Waals surface area (Å²) >= 11 is 1.54. The van der Waals surface area contributed by atoms with Gasteiger partial charge in [0.1, 0.15) is 5.75 Å². The highest BCUT2D eigenvalue weighted by atomic mass is 32.1. The molecule has 8 heteroatoms. The smallest absolute Gasteiger partial charge is 0.257 e. The molecule has 188 valence electrons. The van der Waals surface area contributed by atoms with E-state index in [2.05, 4.69) is 24.5 Å². The largest absolute Gasteiger partial charge is 0.497 e. The van der Waals surface area contributed by atoms with Crippen molar-refractivity contribution in [2.75, 3.05) is 12.4 Å². The van der Waals surface area contributed by atoms with Gasteiger partial charge in [-0.3, -0.25) is 14.9 Å². The number of ether oxygens (including phenoxy) is 1. The number of amides is 2. The fourth-order valence-electron chi connectivity index (χ4n) is 6.27. The average Bonchev–Trinajstić information content (AvgIpc) is 3.56. The number of aliphatic hydroxyl groups excluding tert-OH is 1. The maximum atomic E-state index is 12.8. The number of benzene rings is 1. The quantitative estimate of drug-likeness (QED) is 0.550. The van der Waals surface area contributed by atoms with Crippen LogP contribution in [-0.4, -0.2) is 41.2 Å². The van der Waals surface area contributed by atoms with Gasteiger partial charge in [0.25, 0.3) is 5.91 Å². The van der Waals surface area contributed by atoms with Crippen LogP contribution in [0, 0.1) is 23.2 Å². The number of nitrogens with zero attached hydrogens (tertiary/aromatic N) is 1. The summed E-state index contributed by atoms with van der Waals surface area (Å²) in [5.74, 6) is 0.377. The van der Waals surface area contributed by atoms with E-state index in [1.54, 1.807) is 31.4 Å². The number of nitrogens with one attached hydrogen (secondary N) is 2. The van der Waals surface area contributed by atoms with Gasteiger partial charge < -0.3 is 15.2 Å². The van der Waals surface area contributed by atoms with Crippen LogP contribution < -0.4 is 15.4 Å². The molecule has 2 aromatic rings. The highest BCUT2D eigenvalue weighted by Crippen LogP contribution is 2.57. The molecular weight excluding hydrogens is 462 g/mol. The van der Waals surface area contributed by atoms with Crippen molar-refractivity contribution in [3.05, 3.63) is 40.4 Å². The van der Waals surface area contributed by atoms with E-state index >= 15 is 0 Å². The lowest BCUT2D eigenvalue weighted by Gasteiger charge is -2.53. The van der Waals surface area contributed by atoms with Crippen molar-refractivity contribution < 1.29 is 19.4 Å². The second kappa shape index (κ2) is 9.21. The van der Waals surface area contributed by atoms with E-state index in [1.165, 1.54) is 16.2 Å². The fourth-order valence-corrected chi connectivity index (χ4v) is 7.53. The number of rotatable bonds is 6. The minimum atomic E-state index is -0.559. The molecule has 2 amide bonds. The first-order valence-electron chi connectivity index (χ1n) is 12.6. The summed E-state index contributed by atoms with van der Waals surface area (Å²) in [6.45, 7) is 6.36. The van der Waals surface area contributed by atoms with Crippen LogP contribution in [-0.2, 0) is 11.2 Å². The predicted octanol–water partition coefficient (Wildman–Crippen LogP) is 4.37. The van der Waals surface area contributed by atoms with E-state index in [-0.39, 0.29) is 40.9 Å². The Bertz CT molecular complexity index is 1110. The molecule has 2 fully saturated rings. The van der Waals surface area contributed by atoms with Crippen molar-refractivity contribution in [2.24, 2.45) is 23.2 Å². The van der Waals surface area contributed by atoms with Crippen LogP contribution in [0.5, 0.6) is 5.75 Å². The van der Waals surface area contributed by atoms with Crippen molar-refractivity contribution in [3.63, 3.8) is 0 Å². The van der Waals surface area contributed by atoms with Gasteiger partial charge in [-0.2, -0.15) is 0 Å². The molecule has 2 saturated carbocycles. The molecule has 3 N–H and O–H groups in total. The number of hydrogen-bond acceptors (Lipinski definition) is 6. The lowest BCUT2D eigenvalue weighted by molar-refractivity contribution is -0.134. The van der Waals surface area contributed by atoms with Gasteiger partial charge in [0, 0.05) is 28.3 Å². The van der Waals surface area contributed by atoms with E-state index in [0.29, 0.717) is 22.5 Å². The van der Waals surface area contributed by atoms with Crippen molar-refractivity contribution in [1.29, 1.82) is 0 Å². The van der Waals surface area contributed by atoms with Gasteiger partial charge in [-0.05, 0) is 73.6 Å². The van der Waals surface area contributed by atoms with Crippen LogP contribution >= 0.6 is 11.3 Å². The molecule has 6 atom stereocenters. The van der Waals surface area contributed by atoms with Gasteiger partial charge in [-0.25, -0.2) is 4.98 Å². The molecule has 5 rings (SSSR count). The molecule has 0 spiro atoms. The second-order valence-electron chi connectivity index (χ2n) is 10.9. The van der Waals surface area contributed by atoms with E-state index < -0.39 is 6.10 Å². The van der Waals surface area contributed by atoms with Gasteiger partial charge in [0.05, 0.1) is 18.9 Å². The number of hydrogen-bond donors (Lipinski definition) is 3. The number of aliphatic hydroxyl groups is 1. The van der Waals surface area contributed by atoms with Gasteiger partial charge >= 0.3 is 0 Å². The summed E-state index contributed by atoms with van der Waals surface area (Å²) in [4.78, 5) is 31.5. The number of carbonyl (C=O) groups excluding carboxylic acids is 2. The first-order valence-corrected chi connectivity index (χ1v) is 13.5. The summed E-state index contributed by atoms with van der Waals surface area (Å²) in [7, 11) is 1.59. The second-order valence-corrected chi connectivity index (χ2v) is 12.0. The van der Waals surface area contributed by atoms with Crippen molar-refractivity contribution >= 4 is 28.3 Å². The summed E-state index contributed by atoms with van der Waals surface area (Å²) in [5, 5.41) is 18.2. The van der Waals surface area contributed by atoms with Crippen LogP contribution in [0.3, 0.4) is 0 Å². The summed E-state index contributed by atoms with van der Waals surface area (Å²) < 4.78 is 5.17. The standard InChI is InChI=1S/C27H35N3O4S/c1-14(24(32)28-17-7-8-17)19-11-12-27(3)13-20-22(15(2)21(27)23(19)31)29-26(35-20)30-25(33)16-5-9-18(34-4)10-6-16/h5-6,9-10,14-15,17,19,21,23,31H,7-8,11-13H2,1-4H3,(H,28,32)(H,29,30,33)/t14-,15-,19+,21+,23-,27+/m0/s1. The highest BCUT2D eigenvalue weighted by molar-refractivity contribution is 7.15. The topological polar surface area (TPSA) is 101 Å².